The van der Waals surface area contributed by atoms with Gasteiger partial charge in [0.25, 0.3) is 0 Å². The van der Waals surface area contributed by atoms with E-state index < -0.39 is 0 Å². The Kier molecular flexibility index (Phi) is 6.03. The summed E-state index contributed by atoms with van der Waals surface area (Å²) in [6, 6.07) is 7.77. The average molecular weight is 297 g/mol. The van der Waals surface area contributed by atoms with Crippen LogP contribution in [0, 0.1) is 11.3 Å². The first-order valence-corrected chi connectivity index (χ1v) is 6.57. The van der Waals surface area contributed by atoms with Gasteiger partial charge >= 0.3 is 0 Å². The van der Waals surface area contributed by atoms with Crippen LogP contribution in [0.3, 0.4) is 0 Å². The van der Waals surface area contributed by atoms with Gasteiger partial charge in [-0.25, -0.2) is 0 Å². The quantitative estimate of drug-likeness (QED) is 0.878. The number of unbranched alkanes of at least 4 members (excludes halogenated alkanes) is 1. The highest BCUT2D eigenvalue weighted by Crippen LogP contribution is 2.23. The second-order valence-electron chi connectivity index (χ2n) is 3.87. The first-order chi connectivity index (χ1) is 8.21. The van der Waals surface area contributed by atoms with E-state index in [4.69, 9.17) is 10.4 Å². The Morgan fingerprint density at radius 1 is 1.35 bits per heavy atom. The third-order valence-electron chi connectivity index (χ3n) is 2.53. The normalized spacial score (nSPS) is 10.0. The van der Waals surface area contributed by atoms with Crippen LogP contribution in [-0.4, -0.2) is 24.8 Å². The SMILES string of the molecule is CCCCN(CCO)c1cc(Br)cc(C#N)c1. The van der Waals surface area contributed by atoms with Crippen molar-refractivity contribution >= 4 is 21.6 Å². The summed E-state index contributed by atoms with van der Waals surface area (Å²) in [4.78, 5) is 2.11. The van der Waals surface area contributed by atoms with E-state index in [0.717, 1.165) is 29.5 Å². The number of hydrogen-bond donors (Lipinski definition) is 1. The van der Waals surface area contributed by atoms with Crippen LogP contribution in [0.2, 0.25) is 0 Å². The molecule has 0 aliphatic rings. The molecule has 0 radical (unpaired) electrons. The topological polar surface area (TPSA) is 47.3 Å². The molecule has 1 rings (SSSR count). The lowest BCUT2D eigenvalue weighted by molar-refractivity contribution is 0.301. The van der Waals surface area contributed by atoms with Gasteiger partial charge in [0.15, 0.2) is 0 Å². The molecule has 3 nitrogen and oxygen atoms in total. The Balaban J connectivity index is 2.92. The molecule has 0 amide bonds. The smallest absolute Gasteiger partial charge is 0.0992 e. The van der Waals surface area contributed by atoms with Crippen LogP contribution in [0.15, 0.2) is 22.7 Å². The van der Waals surface area contributed by atoms with E-state index in [1.54, 1.807) is 6.07 Å². The summed E-state index contributed by atoms with van der Waals surface area (Å²) in [5.41, 5.74) is 1.62. The van der Waals surface area contributed by atoms with Crippen LogP contribution in [0.1, 0.15) is 25.3 Å². The van der Waals surface area contributed by atoms with Crippen molar-refractivity contribution in [3.63, 3.8) is 0 Å². The molecule has 0 aliphatic heterocycles. The molecule has 17 heavy (non-hydrogen) atoms. The van der Waals surface area contributed by atoms with E-state index in [1.807, 2.05) is 12.1 Å². The fourth-order valence-electron chi connectivity index (χ4n) is 1.66. The van der Waals surface area contributed by atoms with Crippen molar-refractivity contribution in [3.8, 4) is 6.07 Å². The monoisotopic (exact) mass is 296 g/mol. The van der Waals surface area contributed by atoms with E-state index in [0.29, 0.717) is 12.1 Å². The van der Waals surface area contributed by atoms with Gasteiger partial charge in [-0.1, -0.05) is 29.3 Å². The zero-order valence-electron chi connectivity index (χ0n) is 9.99. The number of halogens is 1. The molecule has 0 unspecified atom stereocenters. The summed E-state index contributed by atoms with van der Waals surface area (Å²) in [6.07, 6.45) is 2.19. The second kappa shape index (κ2) is 7.31. The van der Waals surface area contributed by atoms with Crippen molar-refractivity contribution < 1.29 is 5.11 Å². The highest BCUT2D eigenvalue weighted by molar-refractivity contribution is 9.10. The number of benzene rings is 1. The van der Waals surface area contributed by atoms with Gasteiger partial charge in [0.05, 0.1) is 18.2 Å². The van der Waals surface area contributed by atoms with E-state index in [1.165, 1.54) is 0 Å². The molecular formula is C13H17BrN2O. The second-order valence-corrected chi connectivity index (χ2v) is 4.79. The molecular weight excluding hydrogens is 280 g/mol. The fourth-order valence-corrected chi connectivity index (χ4v) is 2.14. The van der Waals surface area contributed by atoms with Crippen molar-refractivity contribution in [1.29, 1.82) is 5.26 Å². The summed E-state index contributed by atoms with van der Waals surface area (Å²) >= 11 is 3.40. The molecule has 4 heteroatoms. The number of hydrogen-bond acceptors (Lipinski definition) is 3. The molecule has 0 bridgehead atoms. The zero-order chi connectivity index (χ0) is 12.7. The summed E-state index contributed by atoms with van der Waals surface area (Å²) < 4.78 is 0.894. The molecule has 0 saturated heterocycles. The van der Waals surface area contributed by atoms with Crippen LogP contribution in [-0.2, 0) is 0 Å². The molecule has 92 valence electrons. The number of anilines is 1. The number of aliphatic hydroxyl groups excluding tert-OH is 1. The van der Waals surface area contributed by atoms with Gasteiger partial charge in [0.2, 0.25) is 0 Å². The van der Waals surface area contributed by atoms with Crippen molar-refractivity contribution in [2.45, 2.75) is 19.8 Å². The largest absolute Gasteiger partial charge is 0.395 e. The molecule has 1 aromatic rings. The zero-order valence-corrected chi connectivity index (χ0v) is 11.6. The van der Waals surface area contributed by atoms with Crippen molar-refractivity contribution in [2.24, 2.45) is 0 Å². The lowest BCUT2D eigenvalue weighted by Crippen LogP contribution is -2.27. The van der Waals surface area contributed by atoms with Crippen molar-refractivity contribution in [2.75, 3.05) is 24.6 Å². The number of nitrogens with zero attached hydrogens (tertiary/aromatic N) is 2. The Morgan fingerprint density at radius 3 is 2.71 bits per heavy atom. The summed E-state index contributed by atoms with van der Waals surface area (Å²) in [5.74, 6) is 0. The van der Waals surface area contributed by atoms with Gasteiger partial charge in [-0.3, -0.25) is 0 Å². The highest BCUT2D eigenvalue weighted by atomic mass is 79.9. The van der Waals surface area contributed by atoms with Crippen LogP contribution < -0.4 is 4.90 Å². The number of nitriles is 1. The minimum Gasteiger partial charge on any atom is -0.395 e. The van der Waals surface area contributed by atoms with Gasteiger partial charge in [-0.05, 0) is 24.6 Å². The Labute approximate surface area is 111 Å². The van der Waals surface area contributed by atoms with Crippen LogP contribution in [0.5, 0.6) is 0 Å². The van der Waals surface area contributed by atoms with Gasteiger partial charge < -0.3 is 10.0 Å². The van der Waals surface area contributed by atoms with E-state index in [-0.39, 0.29) is 6.61 Å². The highest BCUT2D eigenvalue weighted by Gasteiger charge is 2.07. The summed E-state index contributed by atoms with van der Waals surface area (Å²) in [5, 5.41) is 18.0. The number of aliphatic hydroxyl groups is 1. The third-order valence-corrected chi connectivity index (χ3v) is 2.99. The molecule has 0 atom stereocenters. The summed E-state index contributed by atoms with van der Waals surface area (Å²) in [6.45, 7) is 3.76. The maximum Gasteiger partial charge on any atom is 0.0992 e. The molecule has 0 spiro atoms. The standard InChI is InChI=1S/C13H17BrN2O/c1-2-3-4-16(5-6-17)13-8-11(10-15)7-12(14)9-13/h7-9,17H,2-6H2,1H3. The maximum atomic E-state index is 9.07. The van der Waals surface area contributed by atoms with E-state index in [9.17, 15) is 0 Å². The van der Waals surface area contributed by atoms with Crippen LogP contribution >= 0.6 is 15.9 Å². The van der Waals surface area contributed by atoms with Crippen molar-refractivity contribution in [3.05, 3.63) is 28.2 Å². The lowest BCUT2D eigenvalue weighted by Gasteiger charge is -2.24. The predicted octanol–water partition coefficient (Wildman–Crippen LogP) is 2.92. The van der Waals surface area contributed by atoms with Crippen molar-refractivity contribution in [1.82, 2.24) is 0 Å². The van der Waals surface area contributed by atoms with E-state index >= 15 is 0 Å². The lowest BCUT2D eigenvalue weighted by atomic mass is 10.2. The van der Waals surface area contributed by atoms with Gasteiger partial charge in [-0.15, -0.1) is 0 Å². The van der Waals surface area contributed by atoms with E-state index in [2.05, 4.69) is 33.8 Å². The molecule has 0 heterocycles. The molecule has 0 aliphatic carbocycles. The fraction of sp³-hybridized carbons (Fsp3) is 0.462. The molecule has 1 aromatic carbocycles. The first-order valence-electron chi connectivity index (χ1n) is 5.77. The number of rotatable bonds is 6. The minimum atomic E-state index is 0.123. The Hall–Kier alpha value is -1.05. The Bertz CT molecular complexity index is 401. The molecule has 1 N–H and O–H groups in total. The maximum absolute atomic E-state index is 9.07. The molecule has 0 saturated carbocycles. The predicted molar refractivity (Wildman–Crippen MR) is 73.1 cm³/mol. The third kappa shape index (κ3) is 4.37. The first kappa shape index (κ1) is 14.0. The van der Waals surface area contributed by atoms with Crippen LogP contribution in [0.25, 0.3) is 0 Å². The molecule has 0 fully saturated rings. The minimum absolute atomic E-state index is 0.123. The average Bonchev–Trinajstić information content (AvgIpc) is 2.33. The van der Waals surface area contributed by atoms with Gasteiger partial charge in [0.1, 0.15) is 0 Å². The Morgan fingerprint density at radius 2 is 2.12 bits per heavy atom. The molecule has 0 aromatic heterocycles. The van der Waals surface area contributed by atoms with Gasteiger partial charge in [-0.2, -0.15) is 5.26 Å². The van der Waals surface area contributed by atoms with Gasteiger partial charge in [0, 0.05) is 23.2 Å². The summed E-state index contributed by atoms with van der Waals surface area (Å²) in [7, 11) is 0. The van der Waals surface area contributed by atoms with Crippen LogP contribution in [0.4, 0.5) is 5.69 Å².